The zero-order valence-electron chi connectivity index (χ0n) is 17.1. The third kappa shape index (κ3) is 5.72. The summed E-state index contributed by atoms with van der Waals surface area (Å²) >= 11 is 6.13. The van der Waals surface area contributed by atoms with Gasteiger partial charge in [0.25, 0.3) is 5.92 Å². The molecule has 0 radical (unpaired) electrons. The van der Waals surface area contributed by atoms with Crippen molar-refractivity contribution in [1.82, 2.24) is 10.0 Å². The fourth-order valence-electron chi connectivity index (χ4n) is 3.12. The van der Waals surface area contributed by atoms with Crippen molar-refractivity contribution in [2.75, 3.05) is 6.54 Å². The highest BCUT2D eigenvalue weighted by atomic mass is 35.5. The van der Waals surface area contributed by atoms with Gasteiger partial charge in [0.15, 0.2) is 5.49 Å². The molecular weight excluding hydrogens is 438 g/mol. The summed E-state index contributed by atoms with van der Waals surface area (Å²) < 4.78 is 29.4. The largest absolute Gasteiger partial charge is 0.427 e. The summed E-state index contributed by atoms with van der Waals surface area (Å²) in [6.07, 6.45) is -0.265. The maximum Gasteiger partial charge on any atom is 0.292 e. The Bertz CT molecular complexity index is 1150. The van der Waals surface area contributed by atoms with Crippen LogP contribution < -0.4 is 16.5 Å². The molecule has 4 N–H and O–H groups in total. The van der Waals surface area contributed by atoms with Gasteiger partial charge >= 0.3 is 0 Å². The van der Waals surface area contributed by atoms with E-state index >= 15 is 0 Å². The van der Waals surface area contributed by atoms with Gasteiger partial charge in [0.1, 0.15) is 6.54 Å². The molecule has 0 spiro atoms. The minimum Gasteiger partial charge on any atom is -0.427 e. The van der Waals surface area contributed by atoms with Gasteiger partial charge in [-0.25, -0.2) is 0 Å². The molecule has 6 nitrogen and oxygen atoms in total. The van der Waals surface area contributed by atoms with Crippen LogP contribution in [0.15, 0.2) is 71.7 Å². The molecule has 0 saturated heterocycles. The number of benzene rings is 2. The molecule has 3 aromatic rings. The highest BCUT2D eigenvalue weighted by Crippen LogP contribution is 2.27. The fourth-order valence-corrected chi connectivity index (χ4v) is 3.33. The normalized spacial score (nSPS) is 12.1. The van der Waals surface area contributed by atoms with Gasteiger partial charge in [-0.05, 0) is 23.3 Å². The van der Waals surface area contributed by atoms with E-state index in [9.17, 15) is 18.8 Å². The molecule has 0 atom stereocenters. The van der Waals surface area contributed by atoms with Gasteiger partial charge in [-0.2, -0.15) is 13.5 Å². The van der Waals surface area contributed by atoms with E-state index in [1.165, 1.54) is 36.4 Å². The van der Waals surface area contributed by atoms with Crippen molar-refractivity contribution in [3.8, 4) is 0 Å². The zero-order valence-corrected chi connectivity index (χ0v) is 17.9. The lowest BCUT2D eigenvalue weighted by Gasteiger charge is -2.15. The minimum absolute atomic E-state index is 0.0422. The third-order valence-electron chi connectivity index (χ3n) is 4.91. The lowest BCUT2D eigenvalue weighted by atomic mass is 10.1. The van der Waals surface area contributed by atoms with Gasteiger partial charge < -0.3 is 16.3 Å². The summed E-state index contributed by atoms with van der Waals surface area (Å²) in [7, 11) is 0. The number of hydrogen-bond acceptors (Lipinski definition) is 4. The van der Waals surface area contributed by atoms with Crippen molar-refractivity contribution >= 4 is 17.5 Å². The Morgan fingerprint density at radius 2 is 1.72 bits per heavy atom. The van der Waals surface area contributed by atoms with E-state index in [2.05, 4.69) is 10.3 Å². The van der Waals surface area contributed by atoms with Crippen molar-refractivity contribution < 1.29 is 18.8 Å². The number of nitrogens with zero attached hydrogens (tertiary/aromatic N) is 2. The monoisotopic (exact) mass is 460 g/mol. The summed E-state index contributed by atoms with van der Waals surface area (Å²) in [4.78, 5) is 16.3. The van der Waals surface area contributed by atoms with Gasteiger partial charge in [0.05, 0.1) is 17.1 Å². The average Bonchev–Trinajstić information content (AvgIpc) is 2.80. The summed E-state index contributed by atoms with van der Waals surface area (Å²) in [6, 6.07) is 17.4. The number of halogens is 3. The second-order valence-electron chi connectivity index (χ2n) is 7.11. The molecule has 3 rings (SSSR count). The minimum atomic E-state index is -3.22. The molecular formula is C23H23ClF2N4O2. The van der Waals surface area contributed by atoms with Crippen molar-refractivity contribution in [1.29, 1.82) is 0 Å². The Hall–Kier alpha value is -3.23. The molecule has 0 unspecified atom stereocenters. The Kier molecular flexibility index (Phi) is 7.61. The smallest absolute Gasteiger partial charge is 0.292 e. The predicted octanol–water partition coefficient (Wildman–Crippen LogP) is 3.39. The van der Waals surface area contributed by atoms with Crippen LogP contribution in [0.3, 0.4) is 0 Å². The van der Waals surface area contributed by atoms with Crippen LogP contribution in [0, 0.1) is 0 Å². The van der Waals surface area contributed by atoms with Crippen molar-refractivity contribution in [2.45, 2.75) is 25.4 Å². The Morgan fingerprint density at radius 3 is 2.41 bits per heavy atom. The molecule has 1 aromatic heterocycles. The van der Waals surface area contributed by atoms with Crippen molar-refractivity contribution in [3.05, 3.63) is 99.6 Å². The SMILES string of the molecule is NCc1ccccc1CNC(=O)Cc1c(Cl)ccc(=NCC(F)(F)c2ccccc2)n1O. The number of carbonyl (C=O) groups is 1. The van der Waals surface area contributed by atoms with Gasteiger partial charge in [0, 0.05) is 18.7 Å². The molecule has 0 bridgehead atoms. The highest BCUT2D eigenvalue weighted by molar-refractivity contribution is 6.31. The first-order valence-corrected chi connectivity index (χ1v) is 10.3. The molecule has 0 saturated carbocycles. The van der Waals surface area contributed by atoms with Crippen LogP contribution in [-0.4, -0.2) is 22.4 Å². The van der Waals surface area contributed by atoms with Gasteiger partial charge in [-0.1, -0.05) is 66.2 Å². The lowest BCUT2D eigenvalue weighted by Crippen LogP contribution is -2.30. The summed E-state index contributed by atoms with van der Waals surface area (Å²) in [6.45, 7) is -0.283. The van der Waals surface area contributed by atoms with Crippen LogP contribution in [-0.2, 0) is 30.2 Å². The topological polar surface area (TPSA) is 92.6 Å². The number of nitrogens with two attached hydrogens (primary N) is 1. The summed E-state index contributed by atoms with van der Waals surface area (Å²) in [5.74, 6) is -3.63. The quantitative estimate of drug-likeness (QED) is 0.450. The lowest BCUT2D eigenvalue weighted by molar-refractivity contribution is -0.120. The molecule has 1 amide bonds. The van der Waals surface area contributed by atoms with Crippen LogP contribution >= 0.6 is 11.6 Å². The van der Waals surface area contributed by atoms with E-state index in [0.29, 0.717) is 11.3 Å². The Morgan fingerprint density at radius 1 is 1.06 bits per heavy atom. The van der Waals surface area contributed by atoms with Gasteiger partial charge in [0.2, 0.25) is 5.91 Å². The number of aromatic nitrogens is 1. The highest BCUT2D eigenvalue weighted by Gasteiger charge is 2.30. The fraction of sp³-hybridized carbons (Fsp3) is 0.217. The maximum absolute atomic E-state index is 14.4. The predicted molar refractivity (Wildman–Crippen MR) is 117 cm³/mol. The molecule has 9 heteroatoms. The molecule has 168 valence electrons. The second kappa shape index (κ2) is 10.4. The zero-order chi connectivity index (χ0) is 23.1. The third-order valence-corrected chi connectivity index (χ3v) is 5.25. The molecule has 0 aliphatic heterocycles. The number of carbonyl (C=O) groups excluding carboxylic acids is 1. The van der Waals surface area contributed by atoms with E-state index < -0.39 is 18.4 Å². The van der Waals surface area contributed by atoms with Crippen LogP contribution in [0.25, 0.3) is 0 Å². The molecule has 32 heavy (non-hydrogen) atoms. The van der Waals surface area contributed by atoms with E-state index in [1.54, 1.807) is 6.07 Å². The number of amides is 1. The number of nitrogens with one attached hydrogen (secondary N) is 1. The van der Waals surface area contributed by atoms with E-state index in [0.717, 1.165) is 11.1 Å². The van der Waals surface area contributed by atoms with E-state index in [4.69, 9.17) is 17.3 Å². The molecule has 2 aromatic carbocycles. The number of rotatable bonds is 8. The maximum atomic E-state index is 14.4. The molecule has 1 heterocycles. The standard InChI is InChI=1S/C23H23ClF2N4O2/c24-19-10-11-21(29-15-23(25,26)18-8-2-1-3-9-18)30(32)20(19)12-22(31)28-14-17-7-5-4-6-16(17)13-27/h1-11,32H,12-15,27H2,(H,28,31). The van der Waals surface area contributed by atoms with Gasteiger partial charge in [-0.15, -0.1) is 0 Å². The van der Waals surface area contributed by atoms with Crippen molar-refractivity contribution in [2.24, 2.45) is 10.7 Å². The number of alkyl halides is 2. The molecule has 0 aliphatic carbocycles. The number of hydrogen-bond donors (Lipinski definition) is 3. The Labute approximate surface area is 188 Å². The second-order valence-corrected chi connectivity index (χ2v) is 7.52. The summed E-state index contributed by atoms with van der Waals surface area (Å²) in [5, 5.41) is 13.3. The van der Waals surface area contributed by atoms with E-state index in [-0.39, 0.29) is 34.7 Å². The molecule has 0 aliphatic rings. The van der Waals surface area contributed by atoms with Crippen LogP contribution in [0.5, 0.6) is 0 Å². The van der Waals surface area contributed by atoms with Crippen LogP contribution in [0.2, 0.25) is 5.02 Å². The van der Waals surface area contributed by atoms with Crippen LogP contribution in [0.4, 0.5) is 8.78 Å². The Balaban J connectivity index is 1.74. The average molecular weight is 461 g/mol. The first kappa shape index (κ1) is 23.4. The summed E-state index contributed by atoms with van der Waals surface area (Å²) in [5.41, 5.74) is 7.21. The van der Waals surface area contributed by atoms with Gasteiger partial charge in [-0.3, -0.25) is 9.79 Å². The van der Waals surface area contributed by atoms with E-state index in [1.807, 2.05) is 24.3 Å². The first-order chi connectivity index (χ1) is 15.3. The number of pyridine rings is 1. The first-order valence-electron chi connectivity index (χ1n) is 9.89. The van der Waals surface area contributed by atoms with Crippen LogP contribution in [0.1, 0.15) is 22.4 Å². The molecule has 0 fully saturated rings. The van der Waals surface area contributed by atoms with Crippen molar-refractivity contribution in [3.63, 3.8) is 0 Å².